The Hall–Kier alpha value is -0.0800. The molecule has 0 rings (SSSR count). The number of hydrogen-bond donors (Lipinski definition) is 0. The van der Waals surface area contributed by atoms with Crippen molar-refractivity contribution in [3.63, 3.8) is 0 Å². The normalized spacial score (nSPS) is 13.1. The van der Waals surface area contributed by atoms with Crippen LogP contribution >= 0.6 is 0 Å². The Labute approximate surface area is 108 Å². The highest BCUT2D eigenvalue weighted by Gasteiger charge is 2.29. The minimum Gasteiger partial charge on any atom is -0.375 e. The molecule has 0 aromatic heterocycles. The lowest BCUT2D eigenvalue weighted by Gasteiger charge is -2.35. The van der Waals surface area contributed by atoms with Gasteiger partial charge in [0.15, 0.2) is 0 Å². The van der Waals surface area contributed by atoms with Crippen molar-refractivity contribution in [1.82, 2.24) is 0 Å². The SMILES string of the molecule is CCCCOC(C)(C)CC(C)(C)OCCCC. The maximum absolute atomic E-state index is 5.93. The van der Waals surface area contributed by atoms with Crippen LogP contribution in [-0.4, -0.2) is 24.4 Å². The van der Waals surface area contributed by atoms with E-state index in [2.05, 4.69) is 41.5 Å². The lowest BCUT2D eigenvalue weighted by Crippen LogP contribution is -2.37. The topological polar surface area (TPSA) is 18.5 Å². The van der Waals surface area contributed by atoms with E-state index in [1.807, 2.05) is 0 Å². The van der Waals surface area contributed by atoms with E-state index in [-0.39, 0.29) is 11.2 Å². The summed E-state index contributed by atoms with van der Waals surface area (Å²) in [7, 11) is 0. The third-order valence-electron chi connectivity index (χ3n) is 2.83. The molecule has 0 amide bonds. The average molecular weight is 244 g/mol. The molecule has 2 heteroatoms. The third-order valence-corrected chi connectivity index (χ3v) is 2.83. The van der Waals surface area contributed by atoms with Crippen LogP contribution in [0.25, 0.3) is 0 Å². The van der Waals surface area contributed by atoms with Gasteiger partial charge in [0, 0.05) is 19.6 Å². The molecule has 0 saturated heterocycles. The minimum absolute atomic E-state index is 0.0924. The molecule has 0 saturated carbocycles. The summed E-state index contributed by atoms with van der Waals surface area (Å²) >= 11 is 0. The quantitative estimate of drug-likeness (QED) is 0.524. The molecule has 0 unspecified atom stereocenters. The fraction of sp³-hybridized carbons (Fsp3) is 1.00. The van der Waals surface area contributed by atoms with E-state index in [0.29, 0.717) is 0 Å². The molecule has 0 aliphatic heterocycles. The van der Waals surface area contributed by atoms with E-state index < -0.39 is 0 Å². The van der Waals surface area contributed by atoms with Crippen LogP contribution in [0.1, 0.15) is 73.6 Å². The van der Waals surface area contributed by atoms with Gasteiger partial charge < -0.3 is 9.47 Å². The Morgan fingerprint density at radius 2 is 1.06 bits per heavy atom. The smallest absolute Gasteiger partial charge is 0.0653 e. The summed E-state index contributed by atoms with van der Waals surface area (Å²) in [4.78, 5) is 0. The van der Waals surface area contributed by atoms with Crippen LogP contribution in [0.5, 0.6) is 0 Å². The highest BCUT2D eigenvalue weighted by atomic mass is 16.5. The molecule has 2 nitrogen and oxygen atoms in total. The summed E-state index contributed by atoms with van der Waals surface area (Å²) in [5.41, 5.74) is -0.185. The first-order chi connectivity index (χ1) is 7.83. The van der Waals surface area contributed by atoms with Crippen LogP contribution in [-0.2, 0) is 9.47 Å². The van der Waals surface area contributed by atoms with Crippen molar-refractivity contribution in [2.24, 2.45) is 0 Å². The van der Waals surface area contributed by atoms with Gasteiger partial charge in [-0.05, 0) is 40.5 Å². The Morgan fingerprint density at radius 1 is 0.706 bits per heavy atom. The number of hydrogen-bond acceptors (Lipinski definition) is 2. The van der Waals surface area contributed by atoms with Crippen molar-refractivity contribution < 1.29 is 9.47 Å². The van der Waals surface area contributed by atoms with E-state index in [9.17, 15) is 0 Å². The fourth-order valence-electron chi connectivity index (χ4n) is 2.11. The summed E-state index contributed by atoms with van der Waals surface area (Å²) in [6.07, 6.45) is 5.59. The van der Waals surface area contributed by atoms with Crippen molar-refractivity contribution >= 4 is 0 Å². The highest BCUT2D eigenvalue weighted by Crippen LogP contribution is 2.26. The molecule has 104 valence electrons. The van der Waals surface area contributed by atoms with Gasteiger partial charge in [0.2, 0.25) is 0 Å². The fourth-order valence-corrected chi connectivity index (χ4v) is 2.11. The first-order valence-corrected chi connectivity index (χ1v) is 7.11. The molecule has 0 aromatic rings. The second kappa shape index (κ2) is 8.10. The molecule has 0 aliphatic rings. The Balaban J connectivity index is 3.99. The number of rotatable bonds is 10. The first-order valence-electron chi connectivity index (χ1n) is 7.11. The van der Waals surface area contributed by atoms with Crippen LogP contribution in [0.2, 0.25) is 0 Å². The van der Waals surface area contributed by atoms with Crippen LogP contribution in [0.3, 0.4) is 0 Å². The third kappa shape index (κ3) is 9.61. The predicted molar refractivity (Wildman–Crippen MR) is 74.5 cm³/mol. The standard InChI is InChI=1S/C15H32O2/c1-7-9-11-16-14(3,4)13-15(5,6)17-12-10-8-2/h7-13H2,1-6H3. The maximum atomic E-state index is 5.93. The van der Waals surface area contributed by atoms with Gasteiger partial charge in [-0.3, -0.25) is 0 Å². The lowest BCUT2D eigenvalue weighted by atomic mass is 9.92. The molecule has 0 fully saturated rings. The van der Waals surface area contributed by atoms with Crippen molar-refractivity contribution in [2.45, 2.75) is 84.8 Å². The van der Waals surface area contributed by atoms with E-state index in [1.54, 1.807) is 0 Å². The molecule has 0 aliphatic carbocycles. The number of ether oxygens (including phenoxy) is 2. The van der Waals surface area contributed by atoms with E-state index in [4.69, 9.17) is 9.47 Å². The summed E-state index contributed by atoms with van der Waals surface area (Å²) in [5, 5.41) is 0. The van der Waals surface area contributed by atoms with Crippen LogP contribution in [0.4, 0.5) is 0 Å². The zero-order valence-corrected chi connectivity index (χ0v) is 12.8. The van der Waals surface area contributed by atoms with Gasteiger partial charge in [0.1, 0.15) is 0 Å². The van der Waals surface area contributed by atoms with Gasteiger partial charge in [-0.25, -0.2) is 0 Å². The van der Waals surface area contributed by atoms with Crippen LogP contribution in [0, 0.1) is 0 Å². The average Bonchev–Trinajstić information content (AvgIpc) is 2.16. The van der Waals surface area contributed by atoms with Gasteiger partial charge in [-0.1, -0.05) is 26.7 Å². The van der Waals surface area contributed by atoms with Crippen molar-refractivity contribution in [3.05, 3.63) is 0 Å². The molecule has 0 N–H and O–H groups in total. The predicted octanol–water partition coefficient (Wildman–Crippen LogP) is 4.57. The Kier molecular flexibility index (Phi) is 8.06. The molecule has 0 atom stereocenters. The largest absolute Gasteiger partial charge is 0.375 e. The van der Waals surface area contributed by atoms with Crippen LogP contribution in [0.15, 0.2) is 0 Å². The second-order valence-electron chi connectivity index (χ2n) is 6.10. The second-order valence-corrected chi connectivity index (χ2v) is 6.10. The Morgan fingerprint density at radius 3 is 1.35 bits per heavy atom. The molecule has 17 heavy (non-hydrogen) atoms. The zero-order valence-electron chi connectivity index (χ0n) is 12.8. The molecule has 0 aromatic carbocycles. The summed E-state index contributed by atoms with van der Waals surface area (Å²) < 4.78 is 11.9. The minimum atomic E-state index is -0.0924. The molecular formula is C15H32O2. The van der Waals surface area contributed by atoms with Crippen molar-refractivity contribution in [3.8, 4) is 0 Å². The van der Waals surface area contributed by atoms with E-state index in [1.165, 1.54) is 12.8 Å². The summed E-state index contributed by atoms with van der Waals surface area (Å²) in [6, 6.07) is 0. The molecule has 0 heterocycles. The van der Waals surface area contributed by atoms with E-state index in [0.717, 1.165) is 32.5 Å². The van der Waals surface area contributed by atoms with Gasteiger partial charge in [-0.2, -0.15) is 0 Å². The van der Waals surface area contributed by atoms with Crippen molar-refractivity contribution in [1.29, 1.82) is 0 Å². The zero-order chi connectivity index (χ0) is 13.4. The van der Waals surface area contributed by atoms with Crippen LogP contribution < -0.4 is 0 Å². The molecular weight excluding hydrogens is 212 g/mol. The van der Waals surface area contributed by atoms with Gasteiger partial charge >= 0.3 is 0 Å². The number of unbranched alkanes of at least 4 members (excludes halogenated alkanes) is 2. The van der Waals surface area contributed by atoms with Gasteiger partial charge in [0.05, 0.1) is 11.2 Å². The Bertz CT molecular complexity index is 165. The molecule has 0 bridgehead atoms. The molecule has 0 spiro atoms. The summed E-state index contributed by atoms with van der Waals surface area (Å²) in [6.45, 7) is 14.7. The summed E-state index contributed by atoms with van der Waals surface area (Å²) in [5.74, 6) is 0. The van der Waals surface area contributed by atoms with Gasteiger partial charge in [-0.15, -0.1) is 0 Å². The molecule has 0 radical (unpaired) electrons. The van der Waals surface area contributed by atoms with Crippen molar-refractivity contribution in [2.75, 3.05) is 13.2 Å². The highest BCUT2D eigenvalue weighted by molar-refractivity contribution is 4.81. The van der Waals surface area contributed by atoms with E-state index >= 15 is 0 Å². The monoisotopic (exact) mass is 244 g/mol. The maximum Gasteiger partial charge on any atom is 0.0653 e. The van der Waals surface area contributed by atoms with Gasteiger partial charge in [0.25, 0.3) is 0 Å². The first kappa shape index (κ1) is 16.9. The lowest BCUT2D eigenvalue weighted by molar-refractivity contribution is -0.101.